The highest BCUT2D eigenvalue weighted by Gasteiger charge is 2.27. The number of halogens is 1. The van der Waals surface area contributed by atoms with E-state index in [2.05, 4.69) is 42.0 Å². The summed E-state index contributed by atoms with van der Waals surface area (Å²) in [7, 11) is 0. The van der Waals surface area contributed by atoms with Crippen LogP contribution in [-0.4, -0.2) is 28.2 Å². The van der Waals surface area contributed by atoms with E-state index in [-0.39, 0.29) is 5.69 Å². The van der Waals surface area contributed by atoms with E-state index in [1.54, 1.807) is 54.6 Å². The van der Waals surface area contributed by atoms with Gasteiger partial charge in [-0.3, -0.25) is 14.4 Å². The number of rotatable bonds is 6. The van der Waals surface area contributed by atoms with Gasteiger partial charge in [-0.05, 0) is 35.9 Å². The molecule has 0 unspecified atom stereocenters. The van der Waals surface area contributed by atoms with Gasteiger partial charge in [0.2, 0.25) is 0 Å². The maximum atomic E-state index is 13.1. The van der Waals surface area contributed by atoms with Crippen molar-refractivity contribution in [3.05, 3.63) is 111 Å². The first-order valence-electron chi connectivity index (χ1n) is 9.94. The first-order valence-corrected chi connectivity index (χ1v) is 10.7. The molecular formula is C24H18BrN5O3. The second kappa shape index (κ2) is 10.0. The van der Waals surface area contributed by atoms with Gasteiger partial charge in [0.1, 0.15) is 5.69 Å². The predicted octanol–water partition coefficient (Wildman–Crippen LogP) is 3.31. The fourth-order valence-electron chi connectivity index (χ4n) is 3.20. The monoisotopic (exact) mass is 503 g/mol. The van der Waals surface area contributed by atoms with Crippen LogP contribution in [0.2, 0.25) is 0 Å². The zero-order valence-electron chi connectivity index (χ0n) is 17.2. The zero-order valence-corrected chi connectivity index (χ0v) is 18.7. The Morgan fingerprint density at radius 1 is 0.939 bits per heavy atom. The standard InChI is InChI=1S/C24H18BrN5O3/c25-17-12-10-15(11-13-17)14-26-29-24(33)21(27-22(31)16-6-2-1-3-7-16)20-18-8-4-5-9-19(18)23(32)30-28-20/h1-14,21H,(H,27,31)(H,29,33)(H,30,32)/t21-/m0/s1. The van der Waals surface area contributed by atoms with E-state index >= 15 is 0 Å². The number of hydrogen-bond donors (Lipinski definition) is 3. The topological polar surface area (TPSA) is 116 Å². The number of H-pyrrole nitrogens is 1. The molecule has 0 aliphatic carbocycles. The second-order valence-electron chi connectivity index (χ2n) is 7.04. The van der Waals surface area contributed by atoms with Gasteiger partial charge >= 0.3 is 0 Å². The van der Waals surface area contributed by atoms with E-state index in [1.807, 2.05) is 24.3 Å². The minimum atomic E-state index is -1.21. The number of carbonyl (C=O) groups excluding carboxylic acids is 2. The van der Waals surface area contributed by atoms with Crippen molar-refractivity contribution >= 4 is 44.7 Å². The van der Waals surface area contributed by atoms with Gasteiger partial charge in [0.05, 0.1) is 11.6 Å². The minimum Gasteiger partial charge on any atom is -0.335 e. The lowest BCUT2D eigenvalue weighted by atomic mass is 10.0. The Balaban J connectivity index is 1.66. The van der Waals surface area contributed by atoms with Gasteiger partial charge in [-0.2, -0.15) is 10.2 Å². The van der Waals surface area contributed by atoms with Crippen LogP contribution in [0.15, 0.2) is 93.2 Å². The van der Waals surface area contributed by atoms with Crippen molar-refractivity contribution in [1.29, 1.82) is 0 Å². The summed E-state index contributed by atoms with van der Waals surface area (Å²) in [6, 6.07) is 21.4. The number of amides is 2. The summed E-state index contributed by atoms with van der Waals surface area (Å²) in [4.78, 5) is 38.1. The number of carbonyl (C=O) groups is 2. The van der Waals surface area contributed by atoms with E-state index in [1.165, 1.54) is 6.21 Å². The summed E-state index contributed by atoms with van der Waals surface area (Å²) in [5.74, 6) is -1.08. The molecular weight excluding hydrogens is 486 g/mol. The normalized spacial score (nSPS) is 11.9. The molecule has 0 radical (unpaired) electrons. The molecule has 1 aromatic heterocycles. The Morgan fingerprint density at radius 2 is 1.61 bits per heavy atom. The fourth-order valence-corrected chi connectivity index (χ4v) is 3.47. The number of aromatic nitrogens is 2. The molecule has 1 heterocycles. The summed E-state index contributed by atoms with van der Waals surface area (Å²) in [5.41, 5.74) is 3.41. The molecule has 0 bridgehead atoms. The molecule has 0 aliphatic rings. The average Bonchev–Trinajstić information content (AvgIpc) is 2.85. The largest absolute Gasteiger partial charge is 0.335 e. The van der Waals surface area contributed by atoms with Crippen molar-refractivity contribution in [2.24, 2.45) is 5.10 Å². The van der Waals surface area contributed by atoms with Crippen LogP contribution in [0.4, 0.5) is 0 Å². The van der Waals surface area contributed by atoms with E-state index in [4.69, 9.17) is 0 Å². The van der Waals surface area contributed by atoms with E-state index in [9.17, 15) is 14.4 Å². The van der Waals surface area contributed by atoms with E-state index in [0.29, 0.717) is 16.3 Å². The van der Waals surface area contributed by atoms with Gasteiger partial charge in [0, 0.05) is 15.4 Å². The summed E-state index contributed by atoms with van der Waals surface area (Å²) in [6.07, 6.45) is 1.48. The highest BCUT2D eigenvalue weighted by Crippen LogP contribution is 2.20. The predicted molar refractivity (Wildman–Crippen MR) is 129 cm³/mol. The van der Waals surface area contributed by atoms with E-state index in [0.717, 1.165) is 10.0 Å². The van der Waals surface area contributed by atoms with Gasteiger partial charge in [-0.1, -0.05) is 64.5 Å². The number of hydrogen-bond acceptors (Lipinski definition) is 5. The highest BCUT2D eigenvalue weighted by molar-refractivity contribution is 9.10. The molecule has 3 aromatic carbocycles. The third kappa shape index (κ3) is 5.21. The molecule has 0 fully saturated rings. The van der Waals surface area contributed by atoms with Gasteiger partial charge in [-0.25, -0.2) is 10.5 Å². The molecule has 8 nitrogen and oxygen atoms in total. The van der Waals surface area contributed by atoms with Crippen molar-refractivity contribution in [2.45, 2.75) is 6.04 Å². The van der Waals surface area contributed by atoms with Crippen LogP contribution in [0, 0.1) is 0 Å². The highest BCUT2D eigenvalue weighted by atomic mass is 79.9. The van der Waals surface area contributed by atoms with Crippen molar-refractivity contribution in [3.8, 4) is 0 Å². The molecule has 9 heteroatoms. The van der Waals surface area contributed by atoms with Gasteiger partial charge in [0.15, 0.2) is 6.04 Å². The molecule has 0 saturated heterocycles. The zero-order chi connectivity index (χ0) is 23.2. The summed E-state index contributed by atoms with van der Waals surface area (Å²) in [6.45, 7) is 0. The van der Waals surface area contributed by atoms with Crippen LogP contribution in [0.1, 0.15) is 27.7 Å². The number of fused-ring (bicyclic) bond motifs is 1. The number of benzene rings is 3. The Labute approximate surface area is 196 Å². The quantitative estimate of drug-likeness (QED) is 0.276. The first-order chi connectivity index (χ1) is 16.0. The van der Waals surface area contributed by atoms with Gasteiger partial charge in [-0.15, -0.1) is 0 Å². The summed E-state index contributed by atoms with van der Waals surface area (Å²) >= 11 is 3.36. The number of nitrogens with zero attached hydrogens (tertiary/aromatic N) is 2. The minimum absolute atomic E-state index is 0.200. The van der Waals surface area contributed by atoms with Crippen molar-refractivity contribution in [1.82, 2.24) is 20.9 Å². The molecule has 0 aliphatic heterocycles. The third-order valence-corrected chi connectivity index (χ3v) is 5.36. The van der Waals surface area contributed by atoms with Gasteiger partial charge in [0.25, 0.3) is 17.4 Å². The Bertz CT molecular complexity index is 1380. The van der Waals surface area contributed by atoms with E-state index < -0.39 is 23.4 Å². The molecule has 1 atom stereocenters. The maximum Gasteiger partial charge on any atom is 0.272 e. The lowest BCUT2D eigenvalue weighted by Crippen LogP contribution is -2.40. The first kappa shape index (κ1) is 22.1. The van der Waals surface area contributed by atoms with Crippen LogP contribution in [0.5, 0.6) is 0 Å². The third-order valence-electron chi connectivity index (χ3n) is 4.83. The SMILES string of the molecule is O=C(N[C@H](C(=O)NN=Cc1ccc(Br)cc1)c1n[nH]c(=O)c2ccccc12)c1ccccc1. The lowest BCUT2D eigenvalue weighted by Gasteiger charge is -2.18. The molecule has 0 spiro atoms. The average molecular weight is 504 g/mol. The molecule has 33 heavy (non-hydrogen) atoms. The van der Waals surface area contributed by atoms with Crippen LogP contribution < -0.4 is 16.3 Å². The van der Waals surface area contributed by atoms with Crippen LogP contribution in [0.3, 0.4) is 0 Å². The molecule has 2 amide bonds. The van der Waals surface area contributed by atoms with Crippen LogP contribution >= 0.6 is 15.9 Å². The molecule has 4 rings (SSSR count). The number of nitrogens with one attached hydrogen (secondary N) is 3. The number of aromatic amines is 1. The fraction of sp³-hybridized carbons (Fsp3) is 0.0417. The smallest absolute Gasteiger partial charge is 0.272 e. The van der Waals surface area contributed by atoms with Crippen molar-refractivity contribution in [2.75, 3.05) is 0 Å². The molecule has 3 N–H and O–H groups in total. The van der Waals surface area contributed by atoms with Crippen molar-refractivity contribution in [3.63, 3.8) is 0 Å². The Kier molecular flexibility index (Phi) is 6.70. The van der Waals surface area contributed by atoms with Crippen LogP contribution in [-0.2, 0) is 4.79 Å². The molecule has 164 valence electrons. The second-order valence-corrected chi connectivity index (χ2v) is 7.96. The van der Waals surface area contributed by atoms with Crippen molar-refractivity contribution < 1.29 is 9.59 Å². The maximum absolute atomic E-state index is 13.1. The molecule has 4 aromatic rings. The van der Waals surface area contributed by atoms with Crippen LogP contribution in [0.25, 0.3) is 10.8 Å². The number of hydrazone groups is 1. The summed E-state index contributed by atoms with van der Waals surface area (Å²) in [5, 5.41) is 14.0. The summed E-state index contributed by atoms with van der Waals surface area (Å²) < 4.78 is 0.920. The molecule has 0 saturated carbocycles. The Morgan fingerprint density at radius 3 is 2.33 bits per heavy atom. The lowest BCUT2D eigenvalue weighted by molar-refractivity contribution is -0.123. The Hall–Kier alpha value is -4.11. The van der Waals surface area contributed by atoms with Gasteiger partial charge < -0.3 is 5.32 Å².